The first-order chi connectivity index (χ1) is 10.7. The molecule has 3 atom stereocenters. The fraction of sp³-hybridized carbons (Fsp3) is 0.875. The molecule has 0 aromatic rings. The Morgan fingerprint density at radius 1 is 1.09 bits per heavy atom. The molecule has 2 aliphatic carbocycles. The van der Waals surface area contributed by atoms with Crippen LogP contribution in [0.4, 0.5) is 0 Å². The third-order valence-electron chi connectivity index (χ3n) is 4.77. The molecular formula is C16H26N2O4. The van der Waals surface area contributed by atoms with Crippen molar-refractivity contribution < 1.29 is 19.4 Å². The number of aliphatic hydroxyl groups excluding tert-OH is 1. The van der Waals surface area contributed by atoms with Gasteiger partial charge in [-0.1, -0.05) is 0 Å². The number of hydrogen-bond donors (Lipinski definition) is 3. The lowest BCUT2D eigenvalue weighted by atomic mass is 9.96. The summed E-state index contributed by atoms with van der Waals surface area (Å²) in [6, 6.07) is -0.135. The molecule has 1 saturated heterocycles. The van der Waals surface area contributed by atoms with Gasteiger partial charge < -0.3 is 20.5 Å². The number of rotatable bonds is 7. The fourth-order valence-electron chi connectivity index (χ4n) is 2.95. The van der Waals surface area contributed by atoms with Crippen molar-refractivity contribution in [1.29, 1.82) is 0 Å². The summed E-state index contributed by atoms with van der Waals surface area (Å²) in [6.45, 7) is 0.644. The molecule has 0 bridgehead atoms. The summed E-state index contributed by atoms with van der Waals surface area (Å²) in [6.07, 6.45) is 5.63. The van der Waals surface area contributed by atoms with E-state index in [2.05, 4.69) is 10.6 Å². The topological polar surface area (TPSA) is 87.7 Å². The van der Waals surface area contributed by atoms with Gasteiger partial charge in [-0.15, -0.1) is 0 Å². The molecule has 1 aliphatic heterocycles. The van der Waals surface area contributed by atoms with E-state index >= 15 is 0 Å². The van der Waals surface area contributed by atoms with Crippen molar-refractivity contribution >= 4 is 11.8 Å². The predicted molar refractivity (Wildman–Crippen MR) is 80.0 cm³/mol. The van der Waals surface area contributed by atoms with Crippen LogP contribution in [0.25, 0.3) is 0 Å². The van der Waals surface area contributed by atoms with Crippen LogP contribution in [-0.4, -0.2) is 48.3 Å². The van der Waals surface area contributed by atoms with Crippen molar-refractivity contribution in [3.8, 4) is 0 Å². The Labute approximate surface area is 131 Å². The van der Waals surface area contributed by atoms with E-state index < -0.39 is 6.10 Å². The van der Waals surface area contributed by atoms with Crippen LogP contribution < -0.4 is 10.6 Å². The van der Waals surface area contributed by atoms with Gasteiger partial charge in [0.25, 0.3) is 0 Å². The lowest BCUT2D eigenvalue weighted by Gasteiger charge is -2.36. The van der Waals surface area contributed by atoms with E-state index in [1.807, 2.05) is 0 Å². The fourth-order valence-corrected chi connectivity index (χ4v) is 2.95. The molecule has 3 aliphatic rings. The second kappa shape index (κ2) is 6.96. The standard InChI is InChI=1S/C16H26N2O4/c19-9-14-13(18-16(21)11-3-4-11)6-5-12(22-14)7-15(20)17-8-10-1-2-10/h10-14,19H,1-9H2,(H,17,20)(H,18,21)/t12-,13-,14-/m1/s1. The third kappa shape index (κ3) is 4.43. The number of amides is 2. The normalized spacial score (nSPS) is 31.6. The average molecular weight is 310 g/mol. The quantitative estimate of drug-likeness (QED) is 0.633. The van der Waals surface area contributed by atoms with E-state index in [0.717, 1.165) is 32.2 Å². The zero-order valence-electron chi connectivity index (χ0n) is 12.9. The summed E-state index contributed by atoms with van der Waals surface area (Å²) in [5.41, 5.74) is 0. The molecule has 6 nitrogen and oxygen atoms in total. The van der Waals surface area contributed by atoms with Crippen LogP contribution in [0.2, 0.25) is 0 Å². The van der Waals surface area contributed by atoms with Crippen LogP contribution in [0.15, 0.2) is 0 Å². The molecule has 0 spiro atoms. The van der Waals surface area contributed by atoms with Gasteiger partial charge in [-0.3, -0.25) is 9.59 Å². The van der Waals surface area contributed by atoms with Gasteiger partial charge in [0.2, 0.25) is 11.8 Å². The van der Waals surface area contributed by atoms with Crippen molar-refractivity contribution in [1.82, 2.24) is 10.6 Å². The van der Waals surface area contributed by atoms with E-state index in [1.165, 1.54) is 12.8 Å². The molecule has 3 N–H and O–H groups in total. The van der Waals surface area contributed by atoms with Crippen molar-refractivity contribution in [2.45, 2.75) is 63.2 Å². The maximum absolute atomic E-state index is 11.9. The number of carbonyl (C=O) groups excluding carboxylic acids is 2. The van der Waals surface area contributed by atoms with Gasteiger partial charge >= 0.3 is 0 Å². The zero-order chi connectivity index (χ0) is 15.5. The molecule has 0 unspecified atom stereocenters. The van der Waals surface area contributed by atoms with Gasteiger partial charge in [0.05, 0.1) is 25.2 Å². The van der Waals surface area contributed by atoms with Crippen LogP contribution >= 0.6 is 0 Å². The van der Waals surface area contributed by atoms with E-state index in [9.17, 15) is 14.7 Å². The highest BCUT2D eigenvalue weighted by Crippen LogP contribution is 2.30. The SMILES string of the molecule is O=C(C[C@H]1CC[C@@H](NC(=O)C2CC2)[C@@H](CO)O1)NCC1CC1. The second-order valence-corrected chi connectivity index (χ2v) is 6.90. The Hall–Kier alpha value is -1.14. The molecule has 0 aromatic heterocycles. The van der Waals surface area contributed by atoms with Crippen LogP contribution in [0.5, 0.6) is 0 Å². The van der Waals surface area contributed by atoms with Crippen molar-refractivity contribution in [3.63, 3.8) is 0 Å². The monoisotopic (exact) mass is 310 g/mol. The van der Waals surface area contributed by atoms with Crippen LogP contribution in [0.1, 0.15) is 44.9 Å². The number of nitrogens with one attached hydrogen (secondary N) is 2. The molecule has 3 fully saturated rings. The van der Waals surface area contributed by atoms with Crippen LogP contribution in [0.3, 0.4) is 0 Å². The minimum Gasteiger partial charge on any atom is -0.394 e. The summed E-state index contributed by atoms with van der Waals surface area (Å²) < 4.78 is 5.82. The van der Waals surface area contributed by atoms with Gasteiger partial charge in [0, 0.05) is 12.5 Å². The first-order valence-electron chi connectivity index (χ1n) is 8.49. The minimum atomic E-state index is -0.405. The zero-order valence-corrected chi connectivity index (χ0v) is 12.9. The Balaban J connectivity index is 1.41. The van der Waals surface area contributed by atoms with E-state index in [1.54, 1.807) is 0 Å². The molecule has 124 valence electrons. The molecular weight excluding hydrogens is 284 g/mol. The summed E-state index contributed by atoms with van der Waals surface area (Å²) in [5.74, 6) is 0.926. The summed E-state index contributed by atoms with van der Waals surface area (Å²) in [4.78, 5) is 23.7. The molecule has 6 heteroatoms. The first kappa shape index (κ1) is 15.7. The van der Waals surface area contributed by atoms with Gasteiger partial charge in [-0.25, -0.2) is 0 Å². The number of aliphatic hydroxyl groups is 1. The molecule has 2 amide bonds. The number of hydrogen-bond acceptors (Lipinski definition) is 4. The lowest BCUT2D eigenvalue weighted by Crippen LogP contribution is -2.51. The maximum Gasteiger partial charge on any atom is 0.223 e. The third-order valence-corrected chi connectivity index (χ3v) is 4.77. The molecule has 22 heavy (non-hydrogen) atoms. The van der Waals surface area contributed by atoms with Crippen LogP contribution in [0, 0.1) is 11.8 Å². The highest BCUT2D eigenvalue weighted by Gasteiger charge is 2.36. The smallest absolute Gasteiger partial charge is 0.223 e. The first-order valence-corrected chi connectivity index (χ1v) is 8.49. The summed E-state index contributed by atoms with van der Waals surface area (Å²) in [7, 11) is 0. The van der Waals surface area contributed by atoms with Crippen molar-refractivity contribution in [2.75, 3.05) is 13.2 Å². The predicted octanol–water partition coefficient (Wildman–Crippen LogP) is 0.337. The van der Waals surface area contributed by atoms with Gasteiger partial charge in [0.1, 0.15) is 6.10 Å². The molecule has 3 rings (SSSR count). The Bertz CT molecular complexity index is 420. The molecule has 0 aromatic carbocycles. The molecule has 2 saturated carbocycles. The van der Waals surface area contributed by atoms with Crippen LogP contribution in [-0.2, 0) is 14.3 Å². The van der Waals surface area contributed by atoms with Gasteiger partial charge in [0.15, 0.2) is 0 Å². The average Bonchev–Trinajstić information content (AvgIpc) is 3.40. The molecule has 1 heterocycles. The van der Waals surface area contributed by atoms with E-state index in [4.69, 9.17) is 4.74 Å². The van der Waals surface area contributed by atoms with Gasteiger partial charge in [-0.2, -0.15) is 0 Å². The number of carbonyl (C=O) groups is 2. The number of ether oxygens (including phenoxy) is 1. The lowest BCUT2D eigenvalue weighted by molar-refractivity contribution is -0.136. The highest BCUT2D eigenvalue weighted by molar-refractivity contribution is 5.81. The summed E-state index contributed by atoms with van der Waals surface area (Å²) >= 11 is 0. The Morgan fingerprint density at radius 2 is 1.86 bits per heavy atom. The van der Waals surface area contributed by atoms with Crippen molar-refractivity contribution in [3.05, 3.63) is 0 Å². The Morgan fingerprint density at radius 3 is 2.50 bits per heavy atom. The van der Waals surface area contributed by atoms with Gasteiger partial charge in [-0.05, 0) is 44.4 Å². The van der Waals surface area contributed by atoms with Crippen molar-refractivity contribution in [2.24, 2.45) is 11.8 Å². The van der Waals surface area contributed by atoms with E-state index in [-0.39, 0.29) is 36.5 Å². The largest absolute Gasteiger partial charge is 0.394 e. The second-order valence-electron chi connectivity index (χ2n) is 6.90. The maximum atomic E-state index is 11.9. The van der Waals surface area contributed by atoms with E-state index in [0.29, 0.717) is 12.3 Å². The highest BCUT2D eigenvalue weighted by atomic mass is 16.5. The minimum absolute atomic E-state index is 0.0223. The summed E-state index contributed by atoms with van der Waals surface area (Å²) in [5, 5.41) is 15.4. The Kier molecular flexibility index (Phi) is 4.98. The molecule has 0 radical (unpaired) electrons.